The fourth-order valence-electron chi connectivity index (χ4n) is 3.70. The van der Waals surface area contributed by atoms with Crippen molar-refractivity contribution >= 4 is 39.6 Å². The molecule has 0 saturated carbocycles. The molecule has 134 valence electrons. The average molecular weight is 428 g/mol. The number of aromatic nitrogens is 1. The zero-order valence-corrected chi connectivity index (χ0v) is 16.5. The lowest BCUT2D eigenvalue weighted by molar-refractivity contribution is -0.672. The van der Waals surface area contributed by atoms with Gasteiger partial charge >= 0.3 is 5.97 Å². The molecule has 1 fully saturated rings. The number of amides is 1. The first-order valence-corrected chi connectivity index (χ1v) is 9.76. The molecule has 8 heteroatoms. The Hall–Kier alpha value is -1.38. The number of hydrogen-bond donors (Lipinski definition) is 2. The van der Waals surface area contributed by atoms with Gasteiger partial charge < -0.3 is 15.1 Å². The standard InChI is InChI=1S/C17H19BrN2O4S/c1-8-13-12(9(2)21)16(22)20(13)14(17(23)24)15(8)25-7-10-4-11(18)6-19(3)5-10/h4-6,8-9,12-13,21H,7H2,1-3H3/p+1/t8-,9-,12-,13+/m1/s1. The molecule has 0 aromatic carbocycles. The fraction of sp³-hybridized carbons (Fsp3) is 0.471. The third-order valence-electron chi connectivity index (χ3n) is 4.73. The van der Waals surface area contributed by atoms with Crippen molar-refractivity contribution in [2.24, 2.45) is 18.9 Å². The van der Waals surface area contributed by atoms with Crippen molar-refractivity contribution in [1.82, 2.24) is 4.90 Å². The van der Waals surface area contributed by atoms with E-state index in [-0.39, 0.29) is 23.6 Å². The monoisotopic (exact) mass is 427 g/mol. The zero-order valence-electron chi connectivity index (χ0n) is 14.1. The topological polar surface area (TPSA) is 81.7 Å². The summed E-state index contributed by atoms with van der Waals surface area (Å²) in [5.41, 5.74) is 1.13. The van der Waals surface area contributed by atoms with E-state index in [1.807, 2.05) is 37.0 Å². The summed E-state index contributed by atoms with van der Waals surface area (Å²) in [4.78, 5) is 26.1. The van der Waals surface area contributed by atoms with Crippen LogP contribution < -0.4 is 4.57 Å². The number of carboxylic acids is 1. The molecule has 0 radical (unpaired) electrons. The summed E-state index contributed by atoms with van der Waals surface area (Å²) in [7, 11) is 1.93. The number of nitrogens with zero attached hydrogens (tertiary/aromatic N) is 2. The second-order valence-corrected chi connectivity index (χ2v) is 8.52. The molecule has 3 heterocycles. The first-order valence-electron chi connectivity index (χ1n) is 7.98. The van der Waals surface area contributed by atoms with Gasteiger partial charge in [-0.25, -0.2) is 9.36 Å². The molecule has 1 saturated heterocycles. The lowest BCUT2D eigenvalue weighted by Gasteiger charge is -2.46. The number of carboxylic acid groups (broad SMARTS) is 1. The van der Waals surface area contributed by atoms with Gasteiger partial charge in [0.25, 0.3) is 0 Å². The number of fused-ring (bicyclic) bond motifs is 1. The Morgan fingerprint density at radius 1 is 1.48 bits per heavy atom. The van der Waals surface area contributed by atoms with E-state index in [9.17, 15) is 19.8 Å². The normalized spacial score (nSPS) is 26.5. The predicted octanol–water partition coefficient (Wildman–Crippen LogP) is 1.66. The van der Waals surface area contributed by atoms with E-state index in [2.05, 4.69) is 15.9 Å². The molecule has 1 amide bonds. The van der Waals surface area contributed by atoms with Crippen molar-refractivity contribution in [1.29, 1.82) is 0 Å². The van der Waals surface area contributed by atoms with E-state index in [4.69, 9.17) is 0 Å². The van der Waals surface area contributed by atoms with Crippen LogP contribution in [0, 0.1) is 11.8 Å². The lowest BCUT2D eigenvalue weighted by Crippen LogP contribution is -2.63. The van der Waals surface area contributed by atoms with Crippen LogP contribution in [0.25, 0.3) is 0 Å². The Morgan fingerprint density at radius 3 is 2.72 bits per heavy atom. The van der Waals surface area contributed by atoms with Crippen LogP contribution in [0.4, 0.5) is 0 Å². The smallest absolute Gasteiger partial charge is 0.353 e. The number of carbonyl (C=O) groups excluding carboxylic acids is 1. The molecule has 0 spiro atoms. The Bertz CT molecular complexity index is 760. The van der Waals surface area contributed by atoms with Gasteiger partial charge in [0.15, 0.2) is 12.4 Å². The van der Waals surface area contributed by atoms with Gasteiger partial charge in [0.2, 0.25) is 5.91 Å². The second-order valence-electron chi connectivity index (χ2n) is 6.59. The highest BCUT2D eigenvalue weighted by Crippen LogP contribution is 2.50. The molecule has 25 heavy (non-hydrogen) atoms. The average Bonchev–Trinajstić information content (AvgIpc) is 2.73. The van der Waals surface area contributed by atoms with Gasteiger partial charge in [0.1, 0.15) is 12.7 Å². The second kappa shape index (κ2) is 6.74. The number of aliphatic hydroxyl groups is 1. The summed E-state index contributed by atoms with van der Waals surface area (Å²) >= 11 is 4.91. The Labute approximate surface area is 158 Å². The quantitative estimate of drug-likeness (QED) is 0.551. The number of rotatable bonds is 5. The van der Waals surface area contributed by atoms with Crippen LogP contribution in [-0.4, -0.2) is 39.1 Å². The van der Waals surface area contributed by atoms with Gasteiger partial charge in [-0.1, -0.05) is 6.92 Å². The molecule has 0 bridgehead atoms. The molecule has 1 aromatic rings. The molecule has 2 aliphatic rings. The SMILES string of the molecule is C[C@@H](O)[C@H]1C(=O)N2C(C(=O)O)=C(SCc3cc(Br)c[n+](C)c3)[C@H](C)[C@@H]12. The largest absolute Gasteiger partial charge is 0.477 e. The Balaban J connectivity index is 1.86. The number of carbonyl (C=O) groups is 2. The van der Waals surface area contributed by atoms with E-state index >= 15 is 0 Å². The number of β-lactam (4-membered cyclic amide) rings is 1. The minimum Gasteiger partial charge on any atom is -0.477 e. The van der Waals surface area contributed by atoms with Gasteiger partial charge in [-0.2, -0.15) is 0 Å². The van der Waals surface area contributed by atoms with Crippen molar-refractivity contribution in [2.75, 3.05) is 0 Å². The van der Waals surface area contributed by atoms with Crippen molar-refractivity contribution in [2.45, 2.75) is 31.7 Å². The van der Waals surface area contributed by atoms with Crippen molar-refractivity contribution in [3.8, 4) is 0 Å². The number of aryl methyl sites for hydroxylation is 1. The molecule has 4 atom stereocenters. The summed E-state index contributed by atoms with van der Waals surface area (Å²) in [5, 5.41) is 19.5. The van der Waals surface area contributed by atoms with Crippen molar-refractivity contribution < 1.29 is 24.4 Å². The number of hydrogen-bond acceptors (Lipinski definition) is 4. The minimum atomic E-state index is -1.09. The van der Waals surface area contributed by atoms with Gasteiger partial charge in [-0.3, -0.25) is 4.79 Å². The lowest BCUT2D eigenvalue weighted by atomic mass is 9.79. The summed E-state index contributed by atoms with van der Waals surface area (Å²) in [6.45, 7) is 3.51. The number of aliphatic hydroxyl groups excluding tert-OH is 1. The van der Waals surface area contributed by atoms with Crippen LogP contribution in [0.5, 0.6) is 0 Å². The zero-order chi connectivity index (χ0) is 18.5. The predicted molar refractivity (Wildman–Crippen MR) is 96.2 cm³/mol. The van der Waals surface area contributed by atoms with E-state index in [1.165, 1.54) is 16.7 Å². The van der Waals surface area contributed by atoms with Crippen molar-refractivity contribution in [3.63, 3.8) is 0 Å². The first kappa shape index (κ1) is 18.4. The van der Waals surface area contributed by atoms with E-state index < -0.39 is 18.0 Å². The molecular formula is C17H20BrN2O4S+. The van der Waals surface area contributed by atoms with E-state index in [0.29, 0.717) is 10.7 Å². The highest BCUT2D eigenvalue weighted by molar-refractivity contribution is 9.10. The van der Waals surface area contributed by atoms with Crippen LogP contribution in [-0.2, 0) is 22.4 Å². The first-order chi connectivity index (χ1) is 11.7. The van der Waals surface area contributed by atoms with Gasteiger partial charge in [-0.15, -0.1) is 11.8 Å². The number of halogens is 1. The molecule has 0 aliphatic carbocycles. The molecule has 6 nitrogen and oxygen atoms in total. The van der Waals surface area contributed by atoms with Gasteiger partial charge in [0.05, 0.1) is 22.5 Å². The van der Waals surface area contributed by atoms with Crippen LogP contribution in [0.15, 0.2) is 33.5 Å². The highest BCUT2D eigenvalue weighted by Gasteiger charge is 2.59. The molecule has 1 aromatic heterocycles. The van der Waals surface area contributed by atoms with E-state index in [1.54, 1.807) is 6.92 Å². The van der Waals surface area contributed by atoms with Gasteiger partial charge in [0, 0.05) is 22.1 Å². The minimum absolute atomic E-state index is 0.0729. The van der Waals surface area contributed by atoms with Crippen LogP contribution >= 0.6 is 27.7 Å². The summed E-state index contributed by atoms with van der Waals surface area (Å²) in [5.74, 6) is -1.40. The summed E-state index contributed by atoms with van der Waals surface area (Å²) in [6, 6.07) is 1.73. The number of pyridine rings is 1. The number of thioether (sulfide) groups is 1. The van der Waals surface area contributed by atoms with Crippen LogP contribution in [0.1, 0.15) is 19.4 Å². The summed E-state index contributed by atoms with van der Waals surface area (Å²) < 4.78 is 2.89. The molecular weight excluding hydrogens is 408 g/mol. The third-order valence-corrected chi connectivity index (χ3v) is 6.51. The molecule has 3 rings (SSSR count). The van der Waals surface area contributed by atoms with Crippen molar-refractivity contribution in [3.05, 3.63) is 39.1 Å². The maximum atomic E-state index is 12.3. The maximum Gasteiger partial charge on any atom is 0.353 e. The third kappa shape index (κ3) is 3.11. The Kier molecular flexibility index (Phi) is 4.96. The summed E-state index contributed by atoms with van der Waals surface area (Å²) in [6.07, 6.45) is 3.14. The van der Waals surface area contributed by atoms with E-state index in [0.717, 1.165) is 10.0 Å². The van der Waals surface area contributed by atoms with Crippen LogP contribution in [0.3, 0.4) is 0 Å². The highest BCUT2D eigenvalue weighted by atomic mass is 79.9. The number of aliphatic carboxylic acids is 1. The molecule has 0 unspecified atom stereocenters. The maximum absolute atomic E-state index is 12.3. The van der Waals surface area contributed by atoms with Gasteiger partial charge in [-0.05, 0) is 28.9 Å². The van der Waals surface area contributed by atoms with Crippen LogP contribution in [0.2, 0.25) is 0 Å². The molecule has 2 aliphatic heterocycles. The fourth-order valence-corrected chi connectivity index (χ4v) is 5.52. The Morgan fingerprint density at radius 2 is 2.16 bits per heavy atom. The molecule has 2 N–H and O–H groups in total.